The van der Waals surface area contributed by atoms with E-state index in [-0.39, 0.29) is 36.0 Å². The third kappa shape index (κ3) is 4.50. The average Bonchev–Trinajstić information content (AvgIpc) is 2.35. The standard InChI is InChI=1S/C14H11BrClNO2.Na/c15-10-5-3-6-11(16)14(10)17-12-7-2-1-4-9(12)8-13(18)19;/h1-7,17H,8H2,(H,18,19);/q;+1/p-1. The summed E-state index contributed by atoms with van der Waals surface area (Å²) in [5.41, 5.74) is 2.05. The van der Waals surface area contributed by atoms with Crippen LogP contribution in [0.4, 0.5) is 11.4 Å². The number of carbonyl (C=O) groups excluding carboxylic acids is 1. The van der Waals surface area contributed by atoms with Crippen molar-refractivity contribution in [2.45, 2.75) is 6.42 Å². The summed E-state index contributed by atoms with van der Waals surface area (Å²) in [5.74, 6) is -1.12. The summed E-state index contributed by atoms with van der Waals surface area (Å²) >= 11 is 9.52. The fourth-order valence-electron chi connectivity index (χ4n) is 1.70. The topological polar surface area (TPSA) is 52.2 Å². The molecule has 2 aromatic carbocycles. The van der Waals surface area contributed by atoms with Gasteiger partial charge in [0.1, 0.15) is 0 Å². The fraction of sp³-hybridized carbons (Fsp3) is 0.0714. The minimum Gasteiger partial charge on any atom is -0.550 e. The SMILES string of the molecule is O=C([O-])Cc1ccccc1Nc1c(Cl)cccc1Br.[Na+]. The van der Waals surface area contributed by atoms with Gasteiger partial charge in [0.05, 0.1) is 10.7 Å². The maximum Gasteiger partial charge on any atom is 1.00 e. The molecular weight excluding hydrogens is 353 g/mol. The number of rotatable bonds is 4. The first-order chi connectivity index (χ1) is 9.08. The quantitative estimate of drug-likeness (QED) is 0.788. The molecule has 0 saturated carbocycles. The van der Waals surface area contributed by atoms with Gasteiger partial charge in [0.25, 0.3) is 0 Å². The van der Waals surface area contributed by atoms with E-state index < -0.39 is 5.97 Å². The molecule has 1 N–H and O–H groups in total. The molecule has 0 saturated heterocycles. The predicted octanol–water partition coefficient (Wildman–Crippen LogP) is 0.142. The van der Waals surface area contributed by atoms with Crippen LogP contribution >= 0.6 is 27.5 Å². The molecule has 0 heterocycles. The summed E-state index contributed by atoms with van der Waals surface area (Å²) in [6.45, 7) is 0. The van der Waals surface area contributed by atoms with E-state index in [0.29, 0.717) is 22.0 Å². The second-order valence-electron chi connectivity index (χ2n) is 3.93. The Balaban J connectivity index is 0.00000200. The van der Waals surface area contributed by atoms with Crippen LogP contribution in [0.5, 0.6) is 0 Å². The van der Waals surface area contributed by atoms with Crippen molar-refractivity contribution in [3.05, 3.63) is 57.5 Å². The zero-order valence-electron chi connectivity index (χ0n) is 10.8. The van der Waals surface area contributed by atoms with E-state index >= 15 is 0 Å². The Morgan fingerprint density at radius 2 is 1.90 bits per heavy atom. The Kier molecular flexibility index (Phi) is 7.06. The van der Waals surface area contributed by atoms with Crippen molar-refractivity contribution in [3.63, 3.8) is 0 Å². The van der Waals surface area contributed by atoms with Crippen LogP contribution in [0.1, 0.15) is 5.56 Å². The van der Waals surface area contributed by atoms with Crippen molar-refractivity contribution in [2.24, 2.45) is 0 Å². The summed E-state index contributed by atoms with van der Waals surface area (Å²) in [6, 6.07) is 12.6. The smallest absolute Gasteiger partial charge is 0.550 e. The number of carboxylic acid groups (broad SMARTS) is 1. The van der Waals surface area contributed by atoms with E-state index in [9.17, 15) is 9.90 Å². The molecule has 3 nitrogen and oxygen atoms in total. The minimum absolute atomic E-state index is 0. The summed E-state index contributed by atoms with van der Waals surface area (Å²) in [7, 11) is 0. The Morgan fingerprint density at radius 1 is 1.20 bits per heavy atom. The van der Waals surface area contributed by atoms with E-state index in [1.165, 1.54) is 0 Å². The predicted molar refractivity (Wildman–Crippen MR) is 77.6 cm³/mol. The van der Waals surface area contributed by atoms with Gasteiger partial charge in [-0.2, -0.15) is 0 Å². The number of aliphatic carboxylic acids is 1. The van der Waals surface area contributed by atoms with Crippen LogP contribution in [0.25, 0.3) is 0 Å². The summed E-state index contributed by atoms with van der Waals surface area (Å²) in [4.78, 5) is 10.7. The number of para-hydroxylation sites is 2. The first kappa shape index (κ1) is 17.5. The van der Waals surface area contributed by atoms with Crippen LogP contribution in [-0.2, 0) is 11.2 Å². The van der Waals surface area contributed by atoms with Gasteiger partial charge in [0, 0.05) is 22.6 Å². The van der Waals surface area contributed by atoms with Crippen molar-refractivity contribution < 1.29 is 39.5 Å². The Labute approximate surface area is 152 Å². The Hall–Kier alpha value is -0.520. The number of benzene rings is 2. The number of halogens is 2. The van der Waals surface area contributed by atoms with Gasteiger partial charge in [-0.15, -0.1) is 0 Å². The van der Waals surface area contributed by atoms with Gasteiger partial charge in [-0.1, -0.05) is 35.9 Å². The van der Waals surface area contributed by atoms with Gasteiger partial charge >= 0.3 is 29.6 Å². The number of anilines is 2. The molecule has 0 fully saturated rings. The fourth-order valence-corrected chi connectivity index (χ4v) is 2.51. The first-order valence-electron chi connectivity index (χ1n) is 5.56. The zero-order chi connectivity index (χ0) is 13.8. The third-order valence-electron chi connectivity index (χ3n) is 2.57. The second-order valence-corrected chi connectivity index (χ2v) is 5.19. The number of nitrogens with one attached hydrogen (secondary N) is 1. The molecule has 0 aliphatic heterocycles. The maximum absolute atomic E-state index is 10.7. The summed E-state index contributed by atoms with van der Waals surface area (Å²) in [6.07, 6.45) is -0.148. The molecule has 0 aliphatic carbocycles. The van der Waals surface area contributed by atoms with E-state index in [4.69, 9.17) is 11.6 Å². The molecule has 0 unspecified atom stereocenters. The zero-order valence-corrected chi connectivity index (χ0v) is 15.2. The summed E-state index contributed by atoms with van der Waals surface area (Å²) in [5, 5.41) is 14.4. The number of carboxylic acids is 1. The van der Waals surface area contributed by atoms with Gasteiger partial charge in [0.15, 0.2) is 0 Å². The normalized spacial score (nSPS) is 9.70. The maximum atomic E-state index is 10.7. The molecule has 20 heavy (non-hydrogen) atoms. The van der Waals surface area contributed by atoms with E-state index in [2.05, 4.69) is 21.2 Å². The molecule has 0 aliphatic rings. The van der Waals surface area contributed by atoms with Crippen molar-refractivity contribution in [1.29, 1.82) is 0 Å². The van der Waals surface area contributed by atoms with E-state index in [1.807, 2.05) is 18.2 Å². The molecular formula is C14H10BrClNNaO2. The number of carbonyl (C=O) groups is 1. The van der Waals surface area contributed by atoms with Crippen LogP contribution in [-0.4, -0.2) is 5.97 Å². The van der Waals surface area contributed by atoms with Crippen molar-refractivity contribution in [3.8, 4) is 0 Å². The second kappa shape index (κ2) is 8.05. The first-order valence-corrected chi connectivity index (χ1v) is 6.74. The van der Waals surface area contributed by atoms with Crippen LogP contribution in [0, 0.1) is 0 Å². The van der Waals surface area contributed by atoms with Crippen molar-refractivity contribution in [2.75, 3.05) is 5.32 Å². The molecule has 0 bridgehead atoms. The molecule has 0 aromatic heterocycles. The van der Waals surface area contributed by atoms with E-state index in [0.717, 1.165) is 4.47 Å². The molecule has 0 amide bonds. The van der Waals surface area contributed by atoms with Gasteiger partial charge in [-0.3, -0.25) is 0 Å². The van der Waals surface area contributed by atoms with Crippen LogP contribution in [0.2, 0.25) is 5.02 Å². The minimum atomic E-state index is -1.12. The molecule has 0 atom stereocenters. The molecule has 0 radical (unpaired) electrons. The summed E-state index contributed by atoms with van der Waals surface area (Å²) < 4.78 is 0.809. The average molecular weight is 363 g/mol. The Bertz CT molecular complexity index is 602. The molecule has 6 heteroatoms. The monoisotopic (exact) mass is 361 g/mol. The van der Waals surface area contributed by atoms with Crippen molar-refractivity contribution in [1.82, 2.24) is 0 Å². The third-order valence-corrected chi connectivity index (χ3v) is 3.55. The van der Waals surface area contributed by atoms with Crippen LogP contribution in [0.15, 0.2) is 46.9 Å². The van der Waals surface area contributed by atoms with Gasteiger partial charge in [-0.25, -0.2) is 0 Å². The molecule has 2 rings (SSSR count). The molecule has 98 valence electrons. The van der Waals surface area contributed by atoms with Gasteiger partial charge in [0.2, 0.25) is 0 Å². The largest absolute Gasteiger partial charge is 1.00 e. The van der Waals surface area contributed by atoms with E-state index in [1.54, 1.807) is 24.3 Å². The van der Waals surface area contributed by atoms with Gasteiger partial charge < -0.3 is 15.2 Å². The molecule has 2 aromatic rings. The number of hydrogen-bond donors (Lipinski definition) is 1. The van der Waals surface area contributed by atoms with Crippen LogP contribution < -0.4 is 40.0 Å². The van der Waals surface area contributed by atoms with Crippen LogP contribution in [0.3, 0.4) is 0 Å². The Morgan fingerprint density at radius 3 is 2.55 bits per heavy atom. The van der Waals surface area contributed by atoms with Gasteiger partial charge in [-0.05, 0) is 39.7 Å². The number of hydrogen-bond acceptors (Lipinski definition) is 3. The van der Waals surface area contributed by atoms with Crippen molar-refractivity contribution >= 4 is 44.9 Å². The molecule has 0 spiro atoms.